The highest BCUT2D eigenvalue weighted by Gasteiger charge is 2.32. The lowest BCUT2D eigenvalue weighted by atomic mass is 9.90. The van der Waals surface area contributed by atoms with E-state index in [1.165, 1.54) is 11.6 Å². The van der Waals surface area contributed by atoms with E-state index in [0.717, 1.165) is 57.4 Å². The minimum absolute atomic E-state index is 0.121. The second-order valence-corrected chi connectivity index (χ2v) is 9.33. The van der Waals surface area contributed by atoms with Crippen molar-refractivity contribution in [3.05, 3.63) is 70.5 Å². The lowest BCUT2D eigenvalue weighted by Gasteiger charge is -2.42. The van der Waals surface area contributed by atoms with Gasteiger partial charge in [-0.15, -0.1) is 0 Å². The van der Waals surface area contributed by atoms with E-state index in [1.54, 1.807) is 12.1 Å². The Morgan fingerprint density at radius 1 is 1.03 bits per heavy atom. The minimum Gasteiger partial charge on any atom is -0.323 e. The Balaban J connectivity index is 1.25. The van der Waals surface area contributed by atoms with Crippen LogP contribution in [0.2, 0.25) is 5.02 Å². The van der Waals surface area contributed by atoms with Crippen molar-refractivity contribution in [1.29, 1.82) is 0 Å². The largest absolute Gasteiger partial charge is 0.323 e. The van der Waals surface area contributed by atoms with E-state index in [1.807, 2.05) is 35.0 Å². The van der Waals surface area contributed by atoms with Crippen LogP contribution in [0.25, 0.3) is 0 Å². The van der Waals surface area contributed by atoms with Gasteiger partial charge in [0.05, 0.1) is 0 Å². The van der Waals surface area contributed by atoms with Crippen LogP contribution in [0.5, 0.6) is 0 Å². The van der Waals surface area contributed by atoms with Crippen molar-refractivity contribution in [3.8, 4) is 0 Å². The van der Waals surface area contributed by atoms with Crippen LogP contribution in [-0.4, -0.2) is 60.0 Å². The van der Waals surface area contributed by atoms with Crippen LogP contribution in [0.4, 0.5) is 9.18 Å². The molecule has 2 heterocycles. The number of halogens is 2. The molecule has 2 aliphatic rings. The molecule has 0 radical (unpaired) electrons. The molecule has 2 amide bonds. The number of carbonyl (C=O) groups is 1. The van der Waals surface area contributed by atoms with Crippen LogP contribution in [0.15, 0.2) is 48.5 Å². The molecular formula is C25H31ClFN3O. The Morgan fingerprint density at radius 2 is 1.77 bits per heavy atom. The number of hydrogen-bond donors (Lipinski definition) is 0. The first-order chi connectivity index (χ1) is 15.0. The molecule has 2 aliphatic heterocycles. The van der Waals surface area contributed by atoms with Crippen LogP contribution in [0.1, 0.15) is 30.4 Å². The number of rotatable bonds is 6. The second-order valence-electron chi connectivity index (χ2n) is 8.93. The molecule has 4 rings (SSSR count). The number of likely N-dealkylation sites (N-methyl/N-ethyl adjacent to an activating group) is 1. The topological polar surface area (TPSA) is 26.8 Å². The average molecular weight is 444 g/mol. The minimum atomic E-state index is -0.219. The third kappa shape index (κ3) is 5.58. The van der Waals surface area contributed by atoms with Crippen LogP contribution >= 0.6 is 11.6 Å². The number of nitrogens with zero attached hydrogens (tertiary/aromatic N) is 3. The average Bonchev–Trinajstić information content (AvgIpc) is 2.78. The molecule has 2 saturated heterocycles. The molecule has 6 heteroatoms. The predicted octanol–water partition coefficient (Wildman–Crippen LogP) is 5.06. The fourth-order valence-electron chi connectivity index (χ4n) is 4.82. The zero-order chi connectivity index (χ0) is 21.8. The van der Waals surface area contributed by atoms with Gasteiger partial charge in [-0.25, -0.2) is 9.18 Å². The Morgan fingerprint density at radius 3 is 2.52 bits per heavy atom. The van der Waals surface area contributed by atoms with Gasteiger partial charge < -0.3 is 14.7 Å². The summed E-state index contributed by atoms with van der Waals surface area (Å²) < 4.78 is 13.5. The summed E-state index contributed by atoms with van der Waals surface area (Å²) in [4.78, 5) is 19.2. The summed E-state index contributed by atoms with van der Waals surface area (Å²) in [5.74, 6) is 0.311. The van der Waals surface area contributed by atoms with Gasteiger partial charge in [0, 0.05) is 37.7 Å². The lowest BCUT2D eigenvalue weighted by Crippen LogP contribution is -2.56. The maximum absolute atomic E-state index is 13.5. The smallest absolute Gasteiger partial charge is 0.320 e. The summed E-state index contributed by atoms with van der Waals surface area (Å²) in [5.41, 5.74) is 2.08. The van der Waals surface area contributed by atoms with Crippen LogP contribution in [0.3, 0.4) is 0 Å². The summed E-state index contributed by atoms with van der Waals surface area (Å²) in [5, 5.41) is 0.659. The first kappa shape index (κ1) is 22.1. The van der Waals surface area contributed by atoms with Gasteiger partial charge in [0.15, 0.2) is 0 Å². The maximum atomic E-state index is 13.5. The Labute approximate surface area is 189 Å². The zero-order valence-electron chi connectivity index (χ0n) is 18.1. The molecular weight excluding hydrogens is 413 g/mol. The molecule has 2 fully saturated rings. The molecule has 2 aromatic carbocycles. The van der Waals surface area contributed by atoms with Crippen molar-refractivity contribution in [1.82, 2.24) is 14.7 Å². The molecule has 4 nitrogen and oxygen atoms in total. The fourth-order valence-corrected chi connectivity index (χ4v) is 5.01. The quantitative estimate of drug-likeness (QED) is 0.623. The van der Waals surface area contributed by atoms with Gasteiger partial charge in [0.25, 0.3) is 0 Å². The monoisotopic (exact) mass is 443 g/mol. The van der Waals surface area contributed by atoms with Crippen LogP contribution in [0, 0.1) is 11.7 Å². The normalized spacial score (nSPS) is 21.0. The van der Waals surface area contributed by atoms with Gasteiger partial charge >= 0.3 is 6.03 Å². The van der Waals surface area contributed by atoms with Gasteiger partial charge in [-0.3, -0.25) is 0 Å². The number of likely N-dealkylation sites (tertiary alicyclic amines) is 1. The van der Waals surface area contributed by atoms with E-state index < -0.39 is 0 Å². The van der Waals surface area contributed by atoms with Crippen molar-refractivity contribution in [2.75, 3.05) is 33.2 Å². The summed E-state index contributed by atoms with van der Waals surface area (Å²) in [7, 11) is 1.93. The number of benzene rings is 2. The van der Waals surface area contributed by atoms with E-state index in [2.05, 4.69) is 17.0 Å². The molecule has 0 bridgehead atoms. The number of carbonyl (C=O) groups excluding carboxylic acids is 1. The summed E-state index contributed by atoms with van der Waals surface area (Å²) in [6.45, 7) is 4.44. The van der Waals surface area contributed by atoms with E-state index in [4.69, 9.17) is 11.6 Å². The van der Waals surface area contributed by atoms with Crippen LogP contribution < -0.4 is 0 Å². The van der Waals surface area contributed by atoms with E-state index in [9.17, 15) is 9.18 Å². The number of urea groups is 1. The molecule has 1 unspecified atom stereocenters. The molecule has 1 atom stereocenters. The summed E-state index contributed by atoms with van der Waals surface area (Å²) >= 11 is 6.25. The summed E-state index contributed by atoms with van der Waals surface area (Å²) in [6, 6.07) is 15.2. The van der Waals surface area contributed by atoms with Crippen molar-refractivity contribution in [2.45, 2.75) is 38.3 Å². The highest BCUT2D eigenvalue weighted by Crippen LogP contribution is 2.27. The van der Waals surface area contributed by atoms with Crippen molar-refractivity contribution in [3.63, 3.8) is 0 Å². The second kappa shape index (κ2) is 10.0. The predicted molar refractivity (Wildman–Crippen MR) is 123 cm³/mol. The zero-order valence-corrected chi connectivity index (χ0v) is 18.9. The Hall–Kier alpha value is -2.11. The third-order valence-corrected chi connectivity index (χ3v) is 7.13. The molecule has 2 aromatic rings. The highest BCUT2D eigenvalue weighted by molar-refractivity contribution is 6.31. The lowest BCUT2D eigenvalue weighted by molar-refractivity contribution is 0.0803. The Bertz CT molecular complexity index is 886. The molecule has 0 spiro atoms. The molecule has 31 heavy (non-hydrogen) atoms. The van der Waals surface area contributed by atoms with Crippen LogP contribution in [-0.2, 0) is 13.0 Å². The first-order valence-electron chi connectivity index (χ1n) is 11.2. The van der Waals surface area contributed by atoms with Crippen molar-refractivity contribution < 1.29 is 9.18 Å². The van der Waals surface area contributed by atoms with E-state index >= 15 is 0 Å². The molecule has 0 aromatic heterocycles. The van der Waals surface area contributed by atoms with Gasteiger partial charge in [-0.2, -0.15) is 0 Å². The van der Waals surface area contributed by atoms with Gasteiger partial charge in [-0.05, 0) is 74.0 Å². The van der Waals surface area contributed by atoms with E-state index in [0.29, 0.717) is 17.5 Å². The highest BCUT2D eigenvalue weighted by atomic mass is 35.5. The maximum Gasteiger partial charge on any atom is 0.320 e. The summed E-state index contributed by atoms with van der Waals surface area (Å²) in [6.07, 6.45) is 3.99. The molecule has 0 aliphatic carbocycles. The molecule has 0 saturated carbocycles. The van der Waals surface area contributed by atoms with Crippen molar-refractivity contribution >= 4 is 17.6 Å². The standard InChI is InChI=1S/C25H31ClFN3O/c1-28-23(11-14-30(25(28)31)17-20-5-3-2-4-6-20)18-29-12-9-19(10-13-29)15-21-16-22(27)7-8-24(21)26/h2-8,16,19,23H,9-15,17-18H2,1H3. The SMILES string of the molecule is CN1C(=O)N(Cc2ccccc2)CCC1CN1CCC(Cc2cc(F)ccc2Cl)CC1. The number of amides is 2. The number of piperidine rings is 1. The fraction of sp³-hybridized carbons (Fsp3) is 0.480. The Kier molecular flexibility index (Phi) is 7.13. The third-order valence-electron chi connectivity index (χ3n) is 6.76. The van der Waals surface area contributed by atoms with Gasteiger partial charge in [0.1, 0.15) is 5.82 Å². The number of hydrogen-bond acceptors (Lipinski definition) is 2. The van der Waals surface area contributed by atoms with Gasteiger partial charge in [0.2, 0.25) is 0 Å². The van der Waals surface area contributed by atoms with Crippen molar-refractivity contribution in [2.24, 2.45) is 5.92 Å². The first-order valence-corrected chi connectivity index (χ1v) is 11.6. The molecule has 0 N–H and O–H groups in total. The van der Waals surface area contributed by atoms with E-state index in [-0.39, 0.29) is 17.9 Å². The van der Waals surface area contributed by atoms with Gasteiger partial charge in [-0.1, -0.05) is 41.9 Å². The molecule has 166 valence electrons.